The number of ether oxygens (including phenoxy) is 2. The minimum Gasteiger partial charge on any atom is -0.490 e. The van der Waals surface area contributed by atoms with Gasteiger partial charge in [-0.25, -0.2) is 0 Å². The minimum absolute atomic E-state index is 0.606. The molecule has 1 aromatic carbocycles. The van der Waals surface area contributed by atoms with E-state index in [0.717, 1.165) is 35.0 Å². The Kier molecular flexibility index (Phi) is 5.43. The predicted octanol–water partition coefficient (Wildman–Crippen LogP) is 3.98. The number of benzene rings is 1. The van der Waals surface area contributed by atoms with E-state index in [1.807, 2.05) is 50.4 Å². The molecule has 0 saturated carbocycles. The van der Waals surface area contributed by atoms with Gasteiger partial charge in [-0.15, -0.1) is 0 Å². The summed E-state index contributed by atoms with van der Waals surface area (Å²) in [4.78, 5) is 4.43. The molecule has 0 saturated heterocycles. The first-order chi connectivity index (χ1) is 10.3. The van der Waals surface area contributed by atoms with Gasteiger partial charge in [0.15, 0.2) is 11.5 Å². The number of nitrogens with zero attached hydrogens (tertiary/aromatic N) is 1. The van der Waals surface area contributed by atoms with Crippen molar-refractivity contribution in [2.45, 2.75) is 20.8 Å². The van der Waals surface area contributed by atoms with Gasteiger partial charge in [0.2, 0.25) is 0 Å². The lowest BCUT2D eigenvalue weighted by Crippen LogP contribution is -1.99. The number of nitrogens with one attached hydrogen (secondary N) is 1. The Hall–Kier alpha value is -2.23. The fourth-order valence-electron chi connectivity index (χ4n) is 2.11. The Balaban J connectivity index is 2.34. The van der Waals surface area contributed by atoms with Crippen molar-refractivity contribution in [3.05, 3.63) is 36.5 Å². The second kappa shape index (κ2) is 7.53. The third-order valence-electron chi connectivity index (χ3n) is 2.98. The molecule has 4 heteroatoms. The molecule has 0 spiro atoms. The maximum Gasteiger partial charge on any atom is 0.161 e. The molecular weight excluding hydrogens is 264 g/mol. The van der Waals surface area contributed by atoms with Crippen molar-refractivity contribution < 1.29 is 9.47 Å². The summed E-state index contributed by atoms with van der Waals surface area (Å²) in [5, 5.41) is 3.29. The van der Waals surface area contributed by atoms with E-state index in [0.29, 0.717) is 13.2 Å². The number of rotatable bonds is 7. The van der Waals surface area contributed by atoms with Crippen LogP contribution in [-0.2, 0) is 0 Å². The molecule has 0 radical (unpaired) electrons. The van der Waals surface area contributed by atoms with Gasteiger partial charge in [0, 0.05) is 24.0 Å². The van der Waals surface area contributed by atoms with Crippen LogP contribution in [0.25, 0.3) is 11.3 Å². The van der Waals surface area contributed by atoms with Crippen molar-refractivity contribution in [3.63, 3.8) is 0 Å². The van der Waals surface area contributed by atoms with E-state index in [2.05, 4.69) is 17.2 Å². The van der Waals surface area contributed by atoms with E-state index < -0.39 is 0 Å². The average molecular weight is 286 g/mol. The lowest BCUT2D eigenvalue weighted by molar-refractivity contribution is 0.288. The first kappa shape index (κ1) is 15.2. The van der Waals surface area contributed by atoms with Crippen LogP contribution in [0.2, 0.25) is 0 Å². The molecule has 0 aliphatic carbocycles. The standard InChI is InChI=1S/C17H22N2O2/c1-4-18-14-9-10-19-15(12-14)13-7-8-16(20-5-2)17(11-13)21-6-3/h7-12H,4-6H2,1-3H3,(H,18,19). The van der Waals surface area contributed by atoms with Gasteiger partial charge >= 0.3 is 0 Å². The molecule has 112 valence electrons. The number of hydrogen-bond acceptors (Lipinski definition) is 4. The zero-order chi connectivity index (χ0) is 15.1. The van der Waals surface area contributed by atoms with Crippen LogP contribution in [0.15, 0.2) is 36.5 Å². The molecule has 0 amide bonds. The molecule has 21 heavy (non-hydrogen) atoms. The largest absolute Gasteiger partial charge is 0.490 e. The van der Waals surface area contributed by atoms with Crippen LogP contribution in [0, 0.1) is 0 Å². The summed E-state index contributed by atoms with van der Waals surface area (Å²) in [5.41, 5.74) is 2.99. The first-order valence-electron chi connectivity index (χ1n) is 7.38. The molecule has 0 unspecified atom stereocenters. The monoisotopic (exact) mass is 286 g/mol. The van der Waals surface area contributed by atoms with Crippen molar-refractivity contribution >= 4 is 5.69 Å². The third-order valence-corrected chi connectivity index (χ3v) is 2.98. The van der Waals surface area contributed by atoms with Crippen molar-refractivity contribution in [1.82, 2.24) is 4.98 Å². The summed E-state index contributed by atoms with van der Waals surface area (Å²) in [6.07, 6.45) is 1.81. The van der Waals surface area contributed by atoms with Crippen LogP contribution >= 0.6 is 0 Å². The summed E-state index contributed by atoms with van der Waals surface area (Å²) in [6.45, 7) is 8.11. The molecule has 2 rings (SSSR count). The molecule has 4 nitrogen and oxygen atoms in total. The van der Waals surface area contributed by atoms with Crippen LogP contribution in [0.1, 0.15) is 20.8 Å². The van der Waals surface area contributed by atoms with Crippen LogP contribution in [0.3, 0.4) is 0 Å². The van der Waals surface area contributed by atoms with E-state index in [-0.39, 0.29) is 0 Å². The predicted molar refractivity (Wildman–Crippen MR) is 86.2 cm³/mol. The van der Waals surface area contributed by atoms with E-state index in [9.17, 15) is 0 Å². The van der Waals surface area contributed by atoms with Crippen LogP contribution < -0.4 is 14.8 Å². The normalized spacial score (nSPS) is 10.2. The SMILES string of the molecule is CCNc1ccnc(-c2ccc(OCC)c(OCC)c2)c1. The molecule has 0 aliphatic rings. The summed E-state index contributed by atoms with van der Waals surface area (Å²) in [7, 11) is 0. The van der Waals surface area contributed by atoms with Gasteiger partial charge in [-0.2, -0.15) is 0 Å². The molecule has 1 heterocycles. The second-order valence-electron chi connectivity index (χ2n) is 4.49. The Morgan fingerprint density at radius 3 is 2.43 bits per heavy atom. The maximum absolute atomic E-state index is 5.66. The van der Waals surface area contributed by atoms with Crippen molar-refractivity contribution in [2.24, 2.45) is 0 Å². The van der Waals surface area contributed by atoms with Crippen molar-refractivity contribution in [1.29, 1.82) is 0 Å². The molecule has 0 aliphatic heterocycles. The smallest absolute Gasteiger partial charge is 0.161 e. The van der Waals surface area contributed by atoms with E-state index in [4.69, 9.17) is 9.47 Å². The fraction of sp³-hybridized carbons (Fsp3) is 0.353. The lowest BCUT2D eigenvalue weighted by atomic mass is 10.1. The van der Waals surface area contributed by atoms with Gasteiger partial charge in [-0.3, -0.25) is 4.98 Å². The van der Waals surface area contributed by atoms with E-state index in [1.165, 1.54) is 0 Å². The minimum atomic E-state index is 0.606. The van der Waals surface area contributed by atoms with Crippen LogP contribution in [-0.4, -0.2) is 24.7 Å². The summed E-state index contributed by atoms with van der Waals surface area (Å²) in [5.74, 6) is 1.53. The van der Waals surface area contributed by atoms with E-state index >= 15 is 0 Å². The molecule has 1 aromatic heterocycles. The van der Waals surface area contributed by atoms with Gasteiger partial charge in [-0.05, 0) is 51.1 Å². The first-order valence-corrected chi connectivity index (χ1v) is 7.38. The van der Waals surface area contributed by atoms with Gasteiger partial charge in [0.1, 0.15) is 0 Å². The highest BCUT2D eigenvalue weighted by Crippen LogP contribution is 2.32. The van der Waals surface area contributed by atoms with Crippen molar-refractivity contribution in [2.75, 3.05) is 25.1 Å². The maximum atomic E-state index is 5.66. The second-order valence-corrected chi connectivity index (χ2v) is 4.49. The van der Waals surface area contributed by atoms with Gasteiger partial charge in [0.25, 0.3) is 0 Å². The van der Waals surface area contributed by atoms with Crippen LogP contribution in [0.4, 0.5) is 5.69 Å². The highest BCUT2D eigenvalue weighted by molar-refractivity contribution is 5.67. The Morgan fingerprint density at radius 1 is 0.952 bits per heavy atom. The molecule has 1 N–H and O–H groups in total. The van der Waals surface area contributed by atoms with E-state index in [1.54, 1.807) is 0 Å². The zero-order valence-corrected chi connectivity index (χ0v) is 12.8. The number of anilines is 1. The summed E-state index contributed by atoms with van der Waals surface area (Å²) >= 11 is 0. The summed E-state index contributed by atoms with van der Waals surface area (Å²) in [6, 6.07) is 9.92. The quantitative estimate of drug-likeness (QED) is 0.836. The molecular formula is C17H22N2O2. The molecule has 0 fully saturated rings. The number of pyridine rings is 1. The molecule has 0 bridgehead atoms. The third kappa shape index (κ3) is 3.88. The molecule has 2 aromatic rings. The van der Waals surface area contributed by atoms with Gasteiger partial charge in [0.05, 0.1) is 18.9 Å². The highest BCUT2D eigenvalue weighted by atomic mass is 16.5. The summed E-state index contributed by atoms with van der Waals surface area (Å²) < 4.78 is 11.2. The zero-order valence-electron chi connectivity index (χ0n) is 12.8. The molecule has 0 atom stereocenters. The highest BCUT2D eigenvalue weighted by Gasteiger charge is 2.08. The average Bonchev–Trinajstić information content (AvgIpc) is 2.50. The fourth-order valence-corrected chi connectivity index (χ4v) is 2.11. The lowest BCUT2D eigenvalue weighted by Gasteiger charge is -2.12. The number of hydrogen-bond donors (Lipinski definition) is 1. The Bertz CT molecular complexity index is 585. The van der Waals surface area contributed by atoms with Gasteiger partial charge in [-0.1, -0.05) is 0 Å². The van der Waals surface area contributed by atoms with Gasteiger partial charge < -0.3 is 14.8 Å². The number of aromatic nitrogens is 1. The van der Waals surface area contributed by atoms with Crippen LogP contribution in [0.5, 0.6) is 11.5 Å². The topological polar surface area (TPSA) is 43.4 Å². The Labute approximate surface area is 126 Å². The van der Waals surface area contributed by atoms with Crippen molar-refractivity contribution in [3.8, 4) is 22.8 Å². The Morgan fingerprint density at radius 2 is 1.71 bits per heavy atom.